The van der Waals surface area contributed by atoms with E-state index in [4.69, 9.17) is 5.10 Å². The van der Waals surface area contributed by atoms with Gasteiger partial charge in [-0.15, -0.1) is 0 Å². The molecule has 112 valence electrons. The first kappa shape index (κ1) is 14.3. The lowest BCUT2D eigenvalue weighted by Crippen LogP contribution is -2.52. The van der Waals surface area contributed by atoms with E-state index in [1.54, 1.807) is 0 Å². The molecule has 4 heteroatoms. The van der Waals surface area contributed by atoms with E-state index in [1.165, 1.54) is 11.3 Å². The molecule has 0 aliphatic heterocycles. The van der Waals surface area contributed by atoms with Gasteiger partial charge in [0, 0.05) is 18.2 Å². The van der Waals surface area contributed by atoms with Crippen LogP contribution in [0, 0.1) is 29.6 Å². The molecule has 21 heavy (non-hydrogen) atoms. The van der Waals surface area contributed by atoms with Gasteiger partial charge in [0.2, 0.25) is 0 Å². The van der Waals surface area contributed by atoms with Crippen LogP contribution in [-0.4, -0.2) is 21.0 Å². The third kappa shape index (κ3) is 1.67. The van der Waals surface area contributed by atoms with Crippen LogP contribution < -0.4 is 0 Å². The van der Waals surface area contributed by atoms with Gasteiger partial charge in [-0.25, -0.2) is 0 Å². The first-order valence-electron chi connectivity index (χ1n) is 7.57. The smallest absolute Gasteiger partial charge is 0.0971 e. The van der Waals surface area contributed by atoms with Gasteiger partial charge in [0.25, 0.3) is 0 Å². The molecule has 1 aromatic rings. The van der Waals surface area contributed by atoms with E-state index < -0.39 is 6.10 Å². The number of allylic oxidation sites excluding steroid dienone is 1. The second-order valence-corrected chi connectivity index (χ2v) is 7.35. The maximum Gasteiger partial charge on any atom is 0.0971 e. The van der Waals surface area contributed by atoms with E-state index in [1.807, 2.05) is 17.8 Å². The maximum atomic E-state index is 10.5. The summed E-state index contributed by atoms with van der Waals surface area (Å²) in [7, 11) is 1.98. The molecule has 3 atom stereocenters. The zero-order valence-corrected chi connectivity index (χ0v) is 13.4. The second-order valence-electron chi connectivity index (χ2n) is 7.35. The number of hydrogen-bond donors (Lipinski definition) is 1. The molecule has 2 aliphatic carbocycles. The van der Waals surface area contributed by atoms with E-state index in [0.717, 1.165) is 18.5 Å². The minimum absolute atomic E-state index is 0.270. The Bertz CT molecular complexity index is 677. The summed E-state index contributed by atoms with van der Waals surface area (Å²) in [6, 6.07) is 2.20. The fourth-order valence-electron chi connectivity index (χ4n) is 4.54. The molecule has 4 nitrogen and oxygen atoms in total. The first-order chi connectivity index (χ1) is 9.73. The Morgan fingerprint density at radius 3 is 2.71 bits per heavy atom. The van der Waals surface area contributed by atoms with E-state index in [2.05, 4.69) is 33.8 Å². The number of rotatable bonds is 0. The van der Waals surface area contributed by atoms with E-state index in [0.29, 0.717) is 11.5 Å². The number of nitrogens with zero attached hydrogens (tertiary/aromatic N) is 3. The first-order valence-corrected chi connectivity index (χ1v) is 7.57. The van der Waals surface area contributed by atoms with Crippen LogP contribution in [0.1, 0.15) is 44.1 Å². The Hall–Kier alpha value is -1.60. The van der Waals surface area contributed by atoms with Crippen molar-refractivity contribution in [1.82, 2.24) is 9.78 Å². The number of aliphatic hydroxyl groups is 1. The molecule has 3 rings (SSSR count). The van der Waals surface area contributed by atoms with Gasteiger partial charge in [0.05, 0.1) is 23.4 Å². The predicted octanol–water partition coefficient (Wildman–Crippen LogP) is 2.40. The van der Waals surface area contributed by atoms with Crippen molar-refractivity contribution < 1.29 is 5.11 Å². The molecule has 0 radical (unpaired) electrons. The van der Waals surface area contributed by atoms with Crippen molar-refractivity contribution in [3.8, 4) is 6.07 Å². The Labute approximate surface area is 126 Å². The Morgan fingerprint density at radius 1 is 1.43 bits per heavy atom. The molecular formula is C17H23N3O. The van der Waals surface area contributed by atoms with Crippen LogP contribution in [0.2, 0.25) is 0 Å². The van der Waals surface area contributed by atoms with E-state index >= 15 is 0 Å². The molecule has 2 aliphatic rings. The minimum Gasteiger partial charge on any atom is -0.387 e. The summed E-state index contributed by atoms with van der Waals surface area (Å²) in [6.07, 6.45) is 3.31. The molecule has 1 aromatic heterocycles. The van der Waals surface area contributed by atoms with Crippen LogP contribution in [0.5, 0.6) is 0 Å². The summed E-state index contributed by atoms with van der Waals surface area (Å²) in [5, 5.41) is 24.7. The fourth-order valence-corrected chi connectivity index (χ4v) is 4.54. The van der Waals surface area contributed by atoms with Crippen LogP contribution in [0.3, 0.4) is 0 Å². The summed E-state index contributed by atoms with van der Waals surface area (Å²) in [6.45, 7) is 8.43. The van der Waals surface area contributed by atoms with E-state index in [9.17, 15) is 10.4 Å². The summed E-state index contributed by atoms with van der Waals surface area (Å²) in [4.78, 5) is 0. The number of fused-ring (bicyclic) bond motifs is 3. The Morgan fingerprint density at radius 2 is 2.10 bits per heavy atom. The molecule has 0 fully saturated rings. The molecule has 1 heterocycles. The van der Waals surface area contributed by atoms with Crippen molar-refractivity contribution >= 4 is 0 Å². The summed E-state index contributed by atoms with van der Waals surface area (Å²) in [5.74, 6) is 0.291. The lowest BCUT2D eigenvalue weighted by Gasteiger charge is -2.52. The van der Waals surface area contributed by atoms with Crippen LogP contribution in [0.15, 0.2) is 11.6 Å². The van der Waals surface area contributed by atoms with Gasteiger partial charge in [0.1, 0.15) is 0 Å². The fraction of sp³-hybridized carbons (Fsp3) is 0.647. The van der Waals surface area contributed by atoms with Gasteiger partial charge < -0.3 is 5.11 Å². The number of aromatic nitrogens is 2. The average molecular weight is 285 g/mol. The number of aryl methyl sites for hydroxylation is 1. The highest BCUT2D eigenvalue weighted by atomic mass is 16.3. The van der Waals surface area contributed by atoms with E-state index in [-0.39, 0.29) is 10.8 Å². The summed E-state index contributed by atoms with van der Waals surface area (Å²) in [5.41, 5.74) is 3.50. The van der Waals surface area contributed by atoms with Crippen molar-refractivity contribution in [3.05, 3.63) is 28.6 Å². The van der Waals surface area contributed by atoms with Crippen molar-refractivity contribution in [2.24, 2.45) is 18.4 Å². The average Bonchev–Trinajstić information content (AvgIpc) is 2.72. The third-order valence-electron chi connectivity index (χ3n) is 5.86. The highest BCUT2D eigenvalue weighted by molar-refractivity contribution is 5.46. The lowest BCUT2D eigenvalue weighted by atomic mass is 9.52. The number of hydrogen-bond acceptors (Lipinski definition) is 3. The molecule has 0 saturated carbocycles. The van der Waals surface area contributed by atoms with Crippen LogP contribution in [0.25, 0.3) is 0 Å². The normalized spacial score (nSPS) is 33.7. The van der Waals surface area contributed by atoms with Crippen molar-refractivity contribution in [2.45, 2.75) is 52.1 Å². The zero-order chi connectivity index (χ0) is 15.6. The largest absolute Gasteiger partial charge is 0.387 e. The highest BCUT2D eigenvalue weighted by Gasteiger charge is 2.55. The zero-order valence-electron chi connectivity index (χ0n) is 13.4. The van der Waals surface area contributed by atoms with Crippen LogP contribution in [0.4, 0.5) is 0 Å². The SMILES string of the molecule is Cc1c2c(nn1C)[C@@]1(C)C=C(C#N)C(O)C(C)(C)[C@@H]1CC2. The Balaban J connectivity index is 2.28. The highest BCUT2D eigenvalue weighted by Crippen LogP contribution is 2.55. The van der Waals surface area contributed by atoms with Gasteiger partial charge in [-0.1, -0.05) is 26.8 Å². The Kier molecular flexibility index (Phi) is 2.87. The molecule has 1 unspecified atom stereocenters. The van der Waals surface area contributed by atoms with Gasteiger partial charge in [-0.2, -0.15) is 10.4 Å². The quantitative estimate of drug-likeness (QED) is 0.796. The van der Waals surface area contributed by atoms with Gasteiger partial charge in [0.15, 0.2) is 0 Å². The second kappa shape index (κ2) is 4.20. The molecule has 0 aromatic carbocycles. The van der Waals surface area contributed by atoms with Crippen LogP contribution in [-0.2, 0) is 18.9 Å². The predicted molar refractivity (Wildman–Crippen MR) is 80.6 cm³/mol. The van der Waals surface area contributed by atoms with Gasteiger partial charge in [-0.05, 0) is 36.7 Å². The lowest BCUT2D eigenvalue weighted by molar-refractivity contribution is -0.0102. The molecule has 0 spiro atoms. The maximum absolute atomic E-state index is 10.5. The van der Waals surface area contributed by atoms with Crippen LogP contribution >= 0.6 is 0 Å². The van der Waals surface area contributed by atoms with Crippen molar-refractivity contribution in [3.63, 3.8) is 0 Å². The minimum atomic E-state index is -0.688. The number of nitriles is 1. The van der Waals surface area contributed by atoms with Crippen molar-refractivity contribution in [1.29, 1.82) is 5.26 Å². The number of aliphatic hydroxyl groups excluding tert-OH is 1. The molecule has 0 saturated heterocycles. The third-order valence-corrected chi connectivity index (χ3v) is 5.86. The van der Waals surface area contributed by atoms with Gasteiger partial charge >= 0.3 is 0 Å². The molecule has 0 bridgehead atoms. The standard InChI is InChI=1S/C17H23N3O/c1-10-12-6-7-13-16(2,3)15(21)11(9-18)8-17(13,4)14(12)19-20(10)5/h8,13,15,21H,6-7H2,1-5H3/t13-,15?,17-/m0/s1. The molecule has 0 amide bonds. The van der Waals surface area contributed by atoms with Crippen molar-refractivity contribution in [2.75, 3.05) is 0 Å². The summed E-state index contributed by atoms with van der Waals surface area (Å²) < 4.78 is 1.94. The monoisotopic (exact) mass is 285 g/mol. The topological polar surface area (TPSA) is 61.8 Å². The molecule has 1 N–H and O–H groups in total. The summed E-state index contributed by atoms with van der Waals surface area (Å²) >= 11 is 0. The van der Waals surface area contributed by atoms with Gasteiger partial charge in [-0.3, -0.25) is 4.68 Å². The molecular weight excluding hydrogens is 262 g/mol.